The molecule has 0 aromatic heterocycles. The van der Waals surface area contributed by atoms with Gasteiger partial charge in [0.15, 0.2) is 0 Å². The van der Waals surface area contributed by atoms with E-state index in [-0.39, 0.29) is 30.1 Å². The molecule has 2 fully saturated rings. The summed E-state index contributed by atoms with van der Waals surface area (Å²) in [5.74, 6) is -1.57. The van der Waals surface area contributed by atoms with Gasteiger partial charge in [-0.15, -0.1) is 0 Å². The SMILES string of the molecule is CC(C)C(NC(=O)O)C(=O)NC(CC1CCCCC1)C(=O)NC(C=O)C[C@@H]1CCNC1=O. The first-order valence-electron chi connectivity index (χ1n) is 11.5. The van der Waals surface area contributed by atoms with Gasteiger partial charge in [0.25, 0.3) is 0 Å². The van der Waals surface area contributed by atoms with Crippen LogP contribution in [0, 0.1) is 17.8 Å². The molecule has 32 heavy (non-hydrogen) atoms. The molecule has 0 aromatic carbocycles. The van der Waals surface area contributed by atoms with E-state index in [0.29, 0.717) is 25.7 Å². The van der Waals surface area contributed by atoms with Crippen LogP contribution in [0.5, 0.6) is 0 Å². The number of hydrogen-bond acceptors (Lipinski definition) is 5. The predicted molar refractivity (Wildman–Crippen MR) is 117 cm³/mol. The Kier molecular flexibility index (Phi) is 9.93. The fourth-order valence-electron chi connectivity index (χ4n) is 4.53. The largest absolute Gasteiger partial charge is 0.465 e. The van der Waals surface area contributed by atoms with Gasteiger partial charge in [0, 0.05) is 12.5 Å². The molecular weight excluding hydrogens is 416 g/mol. The lowest BCUT2D eigenvalue weighted by Crippen LogP contribution is -2.56. The van der Waals surface area contributed by atoms with Crippen molar-refractivity contribution in [1.82, 2.24) is 21.3 Å². The van der Waals surface area contributed by atoms with Gasteiger partial charge in [-0.3, -0.25) is 14.4 Å². The lowest BCUT2D eigenvalue weighted by molar-refractivity contribution is -0.132. The van der Waals surface area contributed by atoms with Crippen LogP contribution < -0.4 is 21.3 Å². The van der Waals surface area contributed by atoms with E-state index >= 15 is 0 Å². The minimum Gasteiger partial charge on any atom is -0.465 e. The molecule has 0 aromatic rings. The highest BCUT2D eigenvalue weighted by atomic mass is 16.4. The minimum atomic E-state index is -1.32. The molecule has 1 aliphatic heterocycles. The summed E-state index contributed by atoms with van der Waals surface area (Å²) >= 11 is 0. The molecule has 180 valence electrons. The summed E-state index contributed by atoms with van der Waals surface area (Å²) in [5, 5.41) is 19.4. The van der Waals surface area contributed by atoms with Gasteiger partial charge in [-0.25, -0.2) is 4.79 Å². The number of carbonyl (C=O) groups is 5. The van der Waals surface area contributed by atoms with Crippen molar-refractivity contribution in [2.75, 3.05) is 6.54 Å². The zero-order valence-electron chi connectivity index (χ0n) is 18.9. The van der Waals surface area contributed by atoms with Gasteiger partial charge in [-0.2, -0.15) is 0 Å². The summed E-state index contributed by atoms with van der Waals surface area (Å²) in [6.07, 6.45) is 5.73. The molecule has 0 bridgehead atoms. The maximum atomic E-state index is 13.1. The summed E-state index contributed by atoms with van der Waals surface area (Å²) in [6.45, 7) is 3.98. The third kappa shape index (κ3) is 7.80. The van der Waals surface area contributed by atoms with Crippen molar-refractivity contribution >= 4 is 30.1 Å². The smallest absolute Gasteiger partial charge is 0.405 e. The Labute approximate surface area is 188 Å². The highest BCUT2D eigenvalue weighted by Crippen LogP contribution is 2.27. The molecule has 1 aliphatic carbocycles. The fraction of sp³-hybridized carbons (Fsp3) is 0.773. The number of hydrogen-bond donors (Lipinski definition) is 5. The molecule has 1 saturated heterocycles. The van der Waals surface area contributed by atoms with Gasteiger partial charge in [0.1, 0.15) is 18.4 Å². The van der Waals surface area contributed by atoms with E-state index < -0.39 is 36.0 Å². The van der Waals surface area contributed by atoms with E-state index in [0.717, 1.165) is 32.1 Å². The molecule has 1 saturated carbocycles. The number of nitrogens with one attached hydrogen (secondary N) is 4. The van der Waals surface area contributed by atoms with E-state index in [2.05, 4.69) is 21.3 Å². The Morgan fingerprint density at radius 2 is 1.72 bits per heavy atom. The topological polar surface area (TPSA) is 154 Å². The van der Waals surface area contributed by atoms with Crippen LogP contribution in [0.4, 0.5) is 4.79 Å². The number of rotatable bonds is 11. The van der Waals surface area contributed by atoms with Crippen LogP contribution in [-0.4, -0.2) is 59.9 Å². The number of carbonyl (C=O) groups excluding carboxylic acids is 4. The second-order valence-electron chi connectivity index (χ2n) is 9.24. The lowest BCUT2D eigenvalue weighted by atomic mass is 9.84. The van der Waals surface area contributed by atoms with Gasteiger partial charge in [0.05, 0.1) is 6.04 Å². The molecule has 2 rings (SSSR count). The summed E-state index contributed by atoms with van der Waals surface area (Å²) in [4.78, 5) is 60.4. The third-order valence-corrected chi connectivity index (χ3v) is 6.35. The van der Waals surface area contributed by atoms with Gasteiger partial charge in [-0.05, 0) is 31.1 Å². The van der Waals surface area contributed by atoms with E-state index in [9.17, 15) is 24.0 Å². The van der Waals surface area contributed by atoms with E-state index in [1.165, 1.54) is 0 Å². The number of carboxylic acid groups (broad SMARTS) is 1. The van der Waals surface area contributed by atoms with Crippen LogP contribution in [-0.2, 0) is 19.2 Å². The average molecular weight is 453 g/mol. The van der Waals surface area contributed by atoms with Crippen molar-refractivity contribution in [1.29, 1.82) is 0 Å². The normalized spacial score (nSPS) is 21.8. The van der Waals surface area contributed by atoms with Gasteiger partial charge < -0.3 is 31.2 Å². The number of amides is 4. The molecule has 4 amide bonds. The monoisotopic (exact) mass is 452 g/mol. The van der Waals surface area contributed by atoms with Gasteiger partial charge in [-0.1, -0.05) is 46.0 Å². The molecule has 1 heterocycles. The first-order chi connectivity index (χ1) is 15.2. The fourth-order valence-corrected chi connectivity index (χ4v) is 4.53. The summed E-state index contributed by atoms with van der Waals surface area (Å²) in [5.41, 5.74) is 0. The Bertz CT molecular complexity index is 692. The Morgan fingerprint density at radius 1 is 1.03 bits per heavy atom. The standard InChI is InChI=1S/C22H36N4O6/c1-13(2)18(26-22(31)32)21(30)25-17(10-14-6-4-3-5-7-14)20(29)24-16(12-27)11-15-8-9-23-19(15)28/h12-18,26H,3-11H2,1-2H3,(H,23,28)(H,24,29)(H,25,30)(H,31,32)/t15-,16?,17?,18?/m0/s1. The third-order valence-electron chi connectivity index (χ3n) is 6.35. The maximum Gasteiger partial charge on any atom is 0.405 e. The second-order valence-corrected chi connectivity index (χ2v) is 9.24. The zero-order chi connectivity index (χ0) is 23.7. The lowest BCUT2D eigenvalue weighted by Gasteiger charge is -2.29. The molecular formula is C22H36N4O6. The molecule has 10 nitrogen and oxygen atoms in total. The Morgan fingerprint density at radius 3 is 2.25 bits per heavy atom. The summed E-state index contributed by atoms with van der Waals surface area (Å²) < 4.78 is 0. The van der Waals surface area contributed by atoms with Gasteiger partial charge in [0.2, 0.25) is 17.7 Å². The number of aldehydes is 1. The van der Waals surface area contributed by atoms with Crippen molar-refractivity contribution in [3.05, 3.63) is 0 Å². The highest BCUT2D eigenvalue weighted by molar-refractivity contribution is 5.92. The zero-order valence-corrected chi connectivity index (χ0v) is 18.9. The molecule has 5 N–H and O–H groups in total. The second kappa shape index (κ2) is 12.4. The first-order valence-corrected chi connectivity index (χ1v) is 11.5. The molecule has 4 atom stereocenters. The van der Waals surface area contributed by atoms with Crippen molar-refractivity contribution < 1.29 is 29.1 Å². The van der Waals surface area contributed by atoms with Crippen LogP contribution in [0.25, 0.3) is 0 Å². The molecule has 3 unspecified atom stereocenters. The predicted octanol–water partition coefficient (Wildman–Crippen LogP) is 0.944. The average Bonchev–Trinajstić information content (AvgIpc) is 3.15. The van der Waals surface area contributed by atoms with Crippen LogP contribution >= 0.6 is 0 Å². The highest BCUT2D eigenvalue weighted by Gasteiger charge is 2.33. The molecule has 0 radical (unpaired) electrons. The minimum absolute atomic E-state index is 0.127. The maximum absolute atomic E-state index is 13.1. The van der Waals surface area contributed by atoms with Crippen molar-refractivity contribution in [2.24, 2.45) is 17.8 Å². The summed E-state index contributed by atoms with van der Waals surface area (Å²) in [6, 6.07) is -2.72. The van der Waals surface area contributed by atoms with Crippen molar-refractivity contribution in [3.63, 3.8) is 0 Å². The van der Waals surface area contributed by atoms with Crippen LogP contribution in [0.1, 0.15) is 65.2 Å². The quantitative estimate of drug-likeness (QED) is 0.294. The van der Waals surface area contributed by atoms with Crippen LogP contribution in [0.15, 0.2) is 0 Å². The summed E-state index contributed by atoms with van der Waals surface area (Å²) in [7, 11) is 0. The van der Waals surface area contributed by atoms with Crippen molar-refractivity contribution in [2.45, 2.75) is 83.3 Å². The van der Waals surface area contributed by atoms with E-state index in [4.69, 9.17) is 5.11 Å². The van der Waals surface area contributed by atoms with E-state index in [1.54, 1.807) is 13.8 Å². The van der Waals surface area contributed by atoms with Gasteiger partial charge >= 0.3 is 6.09 Å². The van der Waals surface area contributed by atoms with Crippen LogP contribution in [0.2, 0.25) is 0 Å². The van der Waals surface area contributed by atoms with Crippen molar-refractivity contribution in [3.8, 4) is 0 Å². The Hall–Kier alpha value is -2.65. The molecule has 0 spiro atoms. The molecule has 10 heteroatoms. The Balaban J connectivity index is 2.08. The van der Waals surface area contributed by atoms with Crippen LogP contribution in [0.3, 0.4) is 0 Å². The first kappa shape index (κ1) is 25.6. The van der Waals surface area contributed by atoms with E-state index in [1.807, 2.05) is 0 Å². The molecule has 2 aliphatic rings.